The molecular weight excluding hydrogens is 310 g/mol. The number of nitro groups is 1. The van der Waals surface area contributed by atoms with E-state index in [4.69, 9.17) is 0 Å². The highest BCUT2D eigenvalue weighted by molar-refractivity contribution is 5.71. The number of rotatable bonds is 4. The summed E-state index contributed by atoms with van der Waals surface area (Å²) in [5.41, 5.74) is 2.29. The first-order valence-corrected chi connectivity index (χ1v) is 7.09. The van der Waals surface area contributed by atoms with Gasteiger partial charge in [-0.15, -0.1) is 5.11 Å². The van der Waals surface area contributed by atoms with Crippen molar-refractivity contribution < 1.29 is 4.92 Å². The number of aryl methyl sites for hydroxylation is 1. The minimum Gasteiger partial charge on any atom is -0.295 e. The van der Waals surface area contributed by atoms with Crippen LogP contribution in [-0.2, 0) is 0 Å². The maximum Gasteiger partial charge on any atom is 0.292 e. The van der Waals surface area contributed by atoms with Crippen LogP contribution in [0.15, 0.2) is 63.6 Å². The van der Waals surface area contributed by atoms with Crippen LogP contribution in [0, 0.1) is 17.0 Å². The van der Waals surface area contributed by atoms with E-state index in [2.05, 4.69) is 20.4 Å². The highest BCUT2D eigenvalue weighted by Crippen LogP contribution is 2.28. The number of aromatic nitrogens is 2. The molecule has 0 spiro atoms. The van der Waals surface area contributed by atoms with E-state index in [0.29, 0.717) is 16.9 Å². The molecule has 24 heavy (non-hydrogen) atoms. The van der Waals surface area contributed by atoms with E-state index in [1.54, 1.807) is 18.2 Å². The van der Waals surface area contributed by atoms with Gasteiger partial charge >= 0.3 is 0 Å². The fraction of sp³-hybridized carbons (Fsp3) is 0.0625. The number of hydrogen-bond acceptors (Lipinski definition) is 5. The van der Waals surface area contributed by atoms with Gasteiger partial charge in [0.15, 0.2) is 5.69 Å². The predicted molar refractivity (Wildman–Crippen MR) is 88.9 cm³/mol. The standard InChI is InChI=1S/C16H13N5O3/c1-10-4-2-3-5-13(10)17-19-15-14(18-20-16(15)22)11-6-8-12(9-7-11)21(23)24/h2-9H,1H3,(H2,18,20,22). The Morgan fingerprint density at radius 3 is 2.38 bits per heavy atom. The molecule has 0 saturated carbocycles. The molecule has 0 amide bonds. The average Bonchev–Trinajstić information content (AvgIpc) is 2.95. The summed E-state index contributed by atoms with van der Waals surface area (Å²) in [4.78, 5) is 22.2. The molecule has 1 aromatic heterocycles. The first-order chi connectivity index (χ1) is 11.6. The normalized spacial score (nSPS) is 11.0. The van der Waals surface area contributed by atoms with Gasteiger partial charge in [0.05, 0.1) is 16.3 Å². The summed E-state index contributed by atoms with van der Waals surface area (Å²) in [7, 11) is 0. The van der Waals surface area contributed by atoms with E-state index >= 15 is 0 Å². The Balaban J connectivity index is 1.99. The van der Waals surface area contributed by atoms with Crippen molar-refractivity contribution in [2.75, 3.05) is 0 Å². The minimum atomic E-state index is -0.484. The number of H-pyrrole nitrogens is 2. The van der Waals surface area contributed by atoms with Crippen molar-refractivity contribution in [2.45, 2.75) is 6.92 Å². The van der Waals surface area contributed by atoms with E-state index < -0.39 is 10.5 Å². The number of nitrogens with zero attached hydrogens (tertiary/aromatic N) is 3. The lowest BCUT2D eigenvalue weighted by molar-refractivity contribution is -0.384. The van der Waals surface area contributed by atoms with Crippen molar-refractivity contribution in [3.05, 3.63) is 74.6 Å². The highest BCUT2D eigenvalue weighted by Gasteiger charge is 2.13. The second-order valence-electron chi connectivity index (χ2n) is 5.09. The molecule has 8 heteroatoms. The lowest BCUT2D eigenvalue weighted by Crippen LogP contribution is -1.96. The van der Waals surface area contributed by atoms with Gasteiger partial charge in [0, 0.05) is 17.7 Å². The molecule has 2 N–H and O–H groups in total. The van der Waals surface area contributed by atoms with Gasteiger partial charge in [-0.1, -0.05) is 18.2 Å². The van der Waals surface area contributed by atoms with Gasteiger partial charge in [-0.05, 0) is 30.7 Å². The van der Waals surface area contributed by atoms with Crippen LogP contribution in [0.3, 0.4) is 0 Å². The number of nitro benzene ring substituents is 1. The summed E-state index contributed by atoms with van der Waals surface area (Å²) in [6, 6.07) is 13.2. The molecule has 8 nitrogen and oxygen atoms in total. The lowest BCUT2D eigenvalue weighted by Gasteiger charge is -1.99. The number of azo groups is 1. The second-order valence-corrected chi connectivity index (χ2v) is 5.09. The van der Waals surface area contributed by atoms with Gasteiger partial charge < -0.3 is 0 Å². The largest absolute Gasteiger partial charge is 0.295 e. The van der Waals surface area contributed by atoms with Crippen molar-refractivity contribution in [3.63, 3.8) is 0 Å². The van der Waals surface area contributed by atoms with Crippen LogP contribution in [0.5, 0.6) is 0 Å². The molecule has 0 bridgehead atoms. The Hall–Kier alpha value is -3.55. The van der Waals surface area contributed by atoms with Gasteiger partial charge in [-0.2, -0.15) is 5.11 Å². The molecule has 0 aliphatic carbocycles. The number of hydrogen-bond donors (Lipinski definition) is 2. The third-order valence-electron chi connectivity index (χ3n) is 3.49. The molecule has 0 radical (unpaired) electrons. The fourth-order valence-electron chi connectivity index (χ4n) is 2.18. The molecule has 2 aromatic carbocycles. The zero-order valence-corrected chi connectivity index (χ0v) is 12.7. The monoisotopic (exact) mass is 323 g/mol. The Morgan fingerprint density at radius 2 is 1.71 bits per heavy atom. The van der Waals surface area contributed by atoms with Gasteiger partial charge in [-0.25, -0.2) is 0 Å². The molecule has 0 aliphatic heterocycles. The summed E-state index contributed by atoms with van der Waals surface area (Å²) in [5.74, 6) is 0. The van der Waals surface area contributed by atoms with Gasteiger partial charge in [0.2, 0.25) is 0 Å². The van der Waals surface area contributed by atoms with E-state index in [1.807, 2.05) is 25.1 Å². The number of aromatic amines is 2. The quantitative estimate of drug-likeness (QED) is 0.429. The first-order valence-electron chi connectivity index (χ1n) is 7.09. The number of non-ortho nitro benzene ring substituents is 1. The molecule has 0 unspecified atom stereocenters. The van der Waals surface area contributed by atoms with Gasteiger partial charge in [-0.3, -0.25) is 25.1 Å². The van der Waals surface area contributed by atoms with E-state index in [9.17, 15) is 14.9 Å². The van der Waals surface area contributed by atoms with Gasteiger partial charge in [0.1, 0.15) is 0 Å². The summed E-state index contributed by atoms with van der Waals surface area (Å²) < 4.78 is 0. The van der Waals surface area contributed by atoms with Crippen LogP contribution >= 0.6 is 0 Å². The summed E-state index contributed by atoms with van der Waals surface area (Å²) in [6.07, 6.45) is 0. The van der Waals surface area contributed by atoms with Crippen LogP contribution in [0.25, 0.3) is 11.3 Å². The molecule has 0 atom stereocenters. The van der Waals surface area contributed by atoms with Crippen molar-refractivity contribution in [2.24, 2.45) is 10.2 Å². The van der Waals surface area contributed by atoms with Crippen molar-refractivity contribution in [1.29, 1.82) is 0 Å². The average molecular weight is 323 g/mol. The Bertz CT molecular complexity index is 970. The zero-order valence-electron chi connectivity index (χ0n) is 12.7. The van der Waals surface area contributed by atoms with Crippen molar-refractivity contribution >= 4 is 17.1 Å². The van der Waals surface area contributed by atoms with Crippen LogP contribution in [-0.4, -0.2) is 15.1 Å². The molecule has 120 valence electrons. The Kier molecular flexibility index (Phi) is 4.02. The third kappa shape index (κ3) is 2.98. The highest BCUT2D eigenvalue weighted by atomic mass is 16.6. The van der Waals surface area contributed by atoms with E-state index in [1.165, 1.54) is 12.1 Å². The number of benzene rings is 2. The molecule has 1 heterocycles. The van der Waals surface area contributed by atoms with Crippen molar-refractivity contribution in [3.8, 4) is 11.3 Å². The maximum absolute atomic E-state index is 11.9. The first kappa shape index (κ1) is 15.3. The van der Waals surface area contributed by atoms with Crippen LogP contribution in [0.2, 0.25) is 0 Å². The molecular formula is C16H13N5O3. The zero-order chi connectivity index (χ0) is 17.1. The SMILES string of the molecule is Cc1ccccc1N=Nc1c(-c2ccc([N+](=O)[O-])cc2)[nH][nH]c1=O. The van der Waals surface area contributed by atoms with E-state index in [0.717, 1.165) is 5.56 Å². The van der Waals surface area contributed by atoms with Crippen LogP contribution < -0.4 is 5.56 Å². The lowest BCUT2D eigenvalue weighted by atomic mass is 10.1. The Morgan fingerprint density at radius 1 is 1.00 bits per heavy atom. The van der Waals surface area contributed by atoms with E-state index in [-0.39, 0.29) is 11.4 Å². The molecule has 3 rings (SSSR count). The third-order valence-corrected chi connectivity index (χ3v) is 3.49. The Labute approximate surface area is 136 Å². The van der Waals surface area contributed by atoms with Crippen LogP contribution in [0.1, 0.15) is 5.56 Å². The summed E-state index contributed by atoms with van der Waals surface area (Å²) in [6.45, 7) is 1.90. The van der Waals surface area contributed by atoms with Crippen LogP contribution in [0.4, 0.5) is 17.1 Å². The molecule has 3 aromatic rings. The second kappa shape index (κ2) is 6.29. The molecule has 0 fully saturated rings. The van der Waals surface area contributed by atoms with Crippen molar-refractivity contribution in [1.82, 2.24) is 10.2 Å². The summed E-state index contributed by atoms with van der Waals surface area (Å²) in [5, 5.41) is 24.1. The fourth-order valence-corrected chi connectivity index (χ4v) is 2.18. The topological polar surface area (TPSA) is 117 Å². The molecule has 0 aliphatic rings. The maximum atomic E-state index is 11.9. The van der Waals surface area contributed by atoms with Gasteiger partial charge in [0.25, 0.3) is 11.2 Å². The minimum absolute atomic E-state index is 0.0280. The smallest absolute Gasteiger partial charge is 0.292 e. The summed E-state index contributed by atoms with van der Waals surface area (Å²) >= 11 is 0. The number of nitrogens with one attached hydrogen (secondary N) is 2. The molecule has 0 saturated heterocycles. The predicted octanol–water partition coefficient (Wildman–Crippen LogP) is 4.00.